The van der Waals surface area contributed by atoms with E-state index in [0.717, 1.165) is 49.6 Å². The standard InChI is InChI=1S/C44H47ClN6O7/c1-43(2)41(44(3,4)42(43)58-31-10-7-27(23-46)34(45)22-31)48-37(53)26-5-8-28(9-6-26)49-15-17-50(18-16-49)29-19-25(20-29)24-57-30-11-12-32-33(21-30)40(56)51(39(32)55)35-13-14-36(52)47-38(35)54/h5-12,21-22,25,29,35,41-42H,13-20,24H2,1-4H3,(H,48,53)(H,47,52,54)/t25?,29?,35?,41-,42-. The molecule has 13 nitrogen and oxygen atoms in total. The first-order valence-electron chi connectivity index (χ1n) is 19.9. The van der Waals surface area contributed by atoms with E-state index in [9.17, 15) is 29.2 Å². The van der Waals surface area contributed by atoms with Crippen molar-refractivity contribution in [2.45, 2.75) is 77.6 Å². The average Bonchev–Trinajstić information content (AvgIpc) is 3.43. The molecule has 3 aromatic rings. The molecule has 2 saturated heterocycles. The molecular formula is C44H47ClN6O7. The van der Waals surface area contributed by atoms with Crippen molar-refractivity contribution in [1.82, 2.24) is 20.4 Å². The number of fused-ring (bicyclic) bond motifs is 1. The number of piperidine rings is 1. The van der Waals surface area contributed by atoms with Gasteiger partial charge in [0.25, 0.3) is 17.7 Å². The van der Waals surface area contributed by atoms with Crippen LogP contribution in [0.2, 0.25) is 5.02 Å². The SMILES string of the molecule is CC1(C)[C@H](NC(=O)c2ccc(N3CCN(C4CC(COc5ccc6c(c5)C(=O)N(C5CCC(=O)NC5=O)C6=O)C4)CC3)cc2)C(C)(C)[C@H]1Oc1ccc(C#N)c(Cl)c1. The van der Waals surface area contributed by atoms with Crippen molar-refractivity contribution < 1.29 is 33.4 Å². The number of hydrogen-bond acceptors (Lipinski definition) is 10. The first-order chi connectivity index (χ1) is 27.6. The van der Waals surface area contributed by atoms with Gasteiger partial charge in [0.2, 0.25) is 11.8 Å². The predicted octanol–water partition coefficient (Wildman–Crippen LogP) is 5.20. The smallest absolute Gasteiger partial charge is 0.262 e. The number of hydrogen-bond donors (Lipinski definition) is 2. The van der Waals surface area contributed by atoms with Crippen molar-refractivity contribution in [1.29, 1.82) is 5.26 Å². The van der Waals surface area contributed by atoms with E-state index in [0.29, 0.717) is 46.2 Å². The number of imide groups is 2. The Morgan fingerprint density at radius 1 is 0.897 bits per heavy atom. The molecule has 0 radical (unpaired) electrons. The number of halogens is 1. The summed E-state index contributed by atoms with van der Waals surface area (Å²) in [7, 11) is 0. The third-order valence-corrected chi connectivity index (χ3v) is 13.2. The summed E-state index contributed by atoms with van der Waals surface area (Å²) in [6.07, 6.45) is 2.03. The van der Waals surface area contributed by atoms with E-state index in [1.54, 1.807) is 36.4 Å². The first-order valence-corrected chi connectivity index (χ1v) is 20.3. The van der Waals surface area contributed by atoms with Gasteiger partial charge in [-0.25, -0.2) is 0 Å². The summed E-state index contributed by atoms with van der Waals surface area (Å²) in [4.78, 5) is 69.4. The van der Waals surface area contributed by atoms with Gasteiger partial charge in [0.15, 0.2) is 0 Å². The molecular weight excluding hydrogens is 760 g/mol. The molecule has 302 valence electrons. The summed E-state index contributed by atoms with van der Waals surface area (Å²) >= 11 is 6.25. The number of piperazine rings is 1. The molecule has 2 saturated carbocycles. The summed E-state index contributed by atoms with van der Waals surface area (Å²) in [6, 6.07) is 19.2. The highest BCUT2D eigenvalue weighted by Crippen LogP contribution is 2.55. The summed E-state index contributed by atoms with van der Waals surface area (Å²) in [5.74, 6) is -0.761. The first kappa shape index (κ1) is 39.4. The molecule has 8 rings (SSSR count). The Morgan fingerprint density at radius 3 is 2.22 bits per heavy atom. The Balaban J connectivity index is 0.776. The monoisotopic (exact) mass is 806 g/mol. The maximum absolute atomic E-state index is 13.5. The number of nitrogens with zero attached hydrogens (tertiary/aromatic N) is 4. The number of carbonyl (C=O) groups is 5. The third kappa shape index (κ3) is 7.06. The van der Waals surface area contributed by atoms with E-state index in [1.807, 2.05) is 24.3 Å². The maximum atomic E-state index is 13.5. The molecule has 14 heteroatoms. The van der Waals surface area contributed by atoms with Crippen LogP contribution < -0.4 is 25.0 Å². The molecule has 4 fully saturated rings. The highest BCUT2D eigenvalue weighted by atomic mass is 35.5. The number of amides is 5. The molecule has 1 unspecified atom stereocenters. The van der Waals surface area contributed by atoms with Gasteiger partial charge in [0.05, 0.1) is 28.3 Å². The largest absolute Gasteiger partial charge is 0.493 e. The van der Waals surface area contributed by atoms with Crippen molar-refractivity contribution in [3.8, 4) is 17.6 Å². The van der Waals surface area contributed by atoms with Crippen LogP contribution >= 0.6 is 11.6 Å². The normalized spacial score (nSPS) is 26.2. The highest BCUT2D eigenvalue weighted by molar-refractivity contribution is 6.31. The zero-order valence-electron chi connectivity index (χ0n) is 33.0. The summed E-state index contributed by atoms with van der Waals surface area (Å²) in [6.45, 7) is 12.5. The fraction of sp³-hybridized carbons (Fsp3) is 0.455. The van der Waals surface area contributed by atoms with Crippen LogP contribution in [0.3, 0.4) is 0 Å². The number of nitriles is 1. The second kappa shape index (κ2) is 15.1. The lowest BCUT2D eigenvalue weighted by Crippen LogP contribution is -2.74. The van der Waals surface area contributed by atoms with E-state index in [-0.39, 0.29) is 52.9 Å². The second-order valence-electron chi connectivity index (χ2n) is 17.3. The van der Waals surface area contributed by atoms with Crippen LogP contribution in [-0.2, 0) is 9.59 Å². The van der Waals surface area contributed by atoms with E-state index in [2.05, 4.69) is 54.2 Å². The molecule has 3 aromatic carbocycles. The van der Waals surface area contributed by atoms with Crippen molar-refractivity contribution in [2.24, 2.45) is 16.7 Å². The Bertz CT molecular complexity index is 2210. The number of carbonyl (C=O) groups excluding carboxylic acids is 5. The van der Waals surface area contributed by atoms with Crippen LogP contribution in [0.1, 0.15) is 90.0 Å². The maximum Gasteiger partial charge on any atom is 0.262 e. The van der Waals surface area contributed by atoms with E-state index < -0.39 is 29.7 Å². The highest BCUT2D eigenvalue weighted by Gasteiger charge is 2.64. The predicted molar refractivity (Wildman–Crippen MR) is 215 cm³/mol. The van der Waals surface area contributed by atoms with E-state index >= 15 is 0 Å². The Morgan fingerprint density at radius 2 is 1.57 bits per heavy atom. The summed E-state index contributed by atoms with van der Waals surface area (Å²) in [5, 5.41) is 15.0. The molecule has 2 aliphatic carbocycles. The number of nitrogens with one attached hydrogen (secondary N) is 2. The average molecular weight is 807 g/mol. The Hall–Kier alpha value is -5.45. The minimum absolute atomic E-state index is 0.0741. The van der Waals surface area contributed by atoms with Crippen LogP contribution in [0.15, 0.2) is 60.7 Å². The molecule has 58 heavy (non-hydrogen) atoms. The lowest BCUT2D eigenvalue weighted by Gasteiger charge is -2.63. The lowest BCUT2D eigenvalue weighted by molar-refractivity contribution is -0.164. The van der Waals surface area contributed by atoms with Gasteiger partial charge in [-0.05, 0) is 79.8 Å². The zero-order chi connectivity index (χ0) is 41.1. The van der Waals surface area contributed by atoms with Gasteiger partial charge in [-0.1, -0.05) is 39.3 Å². The van der Waals surface area contributed by atoms with Crippen molar-refractivity contribution >= 4 is 46.8 Å². The van der Waals surface area contributed by atoms with Crippen molar-refractivity contribution in [3.63, 3.8) is 0 Å². The molecule has 0 spiro atoms. The fourth-order valence-electron chi connectivity index (χ4n) is 9.87. The molecule has 1 atom stereocenters. The van der Waals surface area contributed by atoms with Gasteiger partial charge in [-0.2, -0.15) is 5.26 Å². The van der Waals surface area contributed by atoms with E-state index in [4.69, 9.17) is 21.1 Å². The molecule has 0 bridgehead atoms. The number of rotatable bonds is 10. The Kier molecular flexibility index (Phi) is 10.2. The molecule has 0 aromatic heterocycles. The van der Waals surface area contributed by atoms with Gasteiger partial charge < -0.3 is 19.7 Å². The van der Waals surface area contributed by atoms with Crippen LogP contribution in [0.4, 0.5) is 5.69 Å². The molecule has 5 aliphatic rings. The van der Waals surface area contributed by atoms with Gasteiger partial charge in [-0.3, -0.25) is 39.1 Å². The number of anilines is 1. The van der Waals surface area contributed by atoms with Crippen LogP contribution in [0.25, 0.3) is 0 Å². The van der Waals surface area contributed by atoms with Gasteiger partial charge >= 0.3 is 0 Å². The fourth-order valence-corrected chi connectivity index (χ4v) is 10.1. The minimum atomic E-state index is -0.999. The molecule has 5 amide bonds. The minimum Gasteiger partial charge on any atom is -0.493 e. The summed E-state index contributed by atoms with van der Waals surface area (Å²) < 4.78 is 12.5. The van der Waals surface area contributed by atoms with Crippen molar-refractivity contribution in [2.75, 3.05) is 37.7 Å². The van der Waals surface area contributed by atoms with Crippen molar-refractivity contribution in [3.05, 3.63) is 87.9 Å². The molecule has 3 heterocycles. The lowest BCUT2D eigenvalue weighted by atomic mass is 9.49. The number of benzene rings is 3. The van der Waals surface area contributed by atoms with Crippen LogP contribution in [0.5, 0.6) is 11.5 Å². The van der Waals surface area contributed by atoms with Gasteiger partial charge in [0.1, 0.15) is 29.7 Å². The quantitative estimate of drug-likeness (QED) is 0.261. The Labute approximate surface area is 342 Å². The zero-order valence-corrected chi connectivity index (χ0v) is 33.8. The van der Waals surface area contributed by atoms with E-state index in [1.165, 1.54) is 0 Å². The third-order valence-electron chi connectivity index (χ3n) is 12.9. The summed E-state index contributed by atoms with van der Waals surface area (Å²) in [5.41, 5.74) is 1.82. The van der Waals surface area contributed by atoms with Gasteiger partial charge in [-0.15, -0.1) is 0 Å². The van der Waals surface area contributed by atoms with Crippen LogP contribution in [0, 0.1) is 28.1 Å². The van der Waals surface area contributed by atoms with Crippen LogP contribution in [-0.4, -0.2) is 96.4 Å². The molecule has 3 aliphatic heterocycles. The topological polar surface area (TPSA) is 161 Å². The second-order valence-corrected chi connectivity index (χ2v) is 17.7. The van der Waals surface area contributed by atoms with Gasteiger partial charge in [0, 0.05) is 72.8 Å². The molecule has 2 N–H and O–H groups in total. The number of ether oxygens (including phenoxy) is 2.